The summed E-state index contributed by atoms with van der Waals surface area (Å²) in [5.41, 5.74) is 3.54. The Balaban J connectivity index is 1.63. The Morgan fingerprint density at radius 2 is 2.04 bits per heavy atom. The fraction of sp³-hybridized carbons (Fsp3) is 0.667. The SMILES string of the molecule is CC(=O)Oc1ccc2c(c1)CC[C@@H]1C2CC[C@@]2(C)C1CC[C@@H]2C. The number of hydrogen-bond donors (Lipinski definition) is 0. The Morgan fingerprint density at radius 3 is 2.83 bits per heavy atom. The summed E-state index contributed by atoms with van der Waals surface area (Å²) in [6.45, 7) is 6.51. The molecular weight excluding hydrogens is 284 g/mol. The first-order valence-electron chi connectivity index (χ1n) is 9.30. The molecule has 0 spiro atoms. The number of benzene rings is 1. The Hall–Kier alpha value is -1.31. The summed E-state index contributed by atoms with van der Waals surface area (Å²) in [4.78, 5) is 11.2. The van der Waals surface area contributed by atoms with Crippen LogP contribution in [0.15, 0.2) is 18.2 Å². The van der Waals surface area contributed by atoms with E-state index in [-0.39, 0.29) is 5.97 Å². The topological polar surface area (TPSA) is 26.3 Å². The minimum Gasteiger partial charge on any atom is -0.427 e. The number of ether oxygens (including phenoxy) is 1. The summed E-state index contributed by atoms with van der Waals surface area (Å²) in [7, 11) is 0. The fourth-order valence-corrected chi connectivity index (χ4v) is 6.05. The van der Waals surface area contributed by atoms with Gasteiger partial charge in [0.1, 0.15) is 5.75 Å². The molecule has 3 aliphatic carbocycles. The van der Waals surface area contributed by atoms with E-state index in [1.165, 1.54) is 44.6 Å². The van der Waals surface area contributed by atoms with Gasteiger partial charge in [-0.3, -0.25) is 4.79 Å². The lowest BCUT2D eigenvalue weighted by Crippen LogP contribution is -2.41. The summed E-state index contributed by atoms with van der Waals surface area (Å²) in [5, 5.41) is 0. The Bertz CT molecular complexity index is 635. The predicted molar refractivity (Wildman–Crippen MR) is 91.5 cm³/mol. The van der Waals surface area contributed by atoms with Crippen molar-refractivity contribution in [3.05, 3.63) is 29.3 Å². The van der Waals surface area contributed by atoms with Crippen molar-refractivity contribution in [3.8, 4) is 5.75 Å². The van der Waals surface area contributed by atoms with Gasteiger partial charge in [0.05, 0.1) is 0 Å². The summed E-state index contributed by atoms with van der Waals surface area (Å²) in [6, 6.07) is 6.34. The van der Waals surface area contributed by atoms with Gasteiger partial charge in [0.25, 0.3) is 0 Å². The van der Waals surface area contributed by atoms with E-state index in [9.17, 15) is 4.79 Å². The zero-order valence-corrected chi connectivity index (χ0v) is 14.6. The normalized spacial score (nSPS) is 38.4. The number of aryl methyl sites for hydroxylation is 1. The van der Waals surface area contributed by atoms with Crippen LogP contribution in [0.1, 0.15) is 69.9 Å². The minimum absolute atomic E-state index is 0.230. The van der Waals surface area contributed by atoms with Crippen molar-refractivity contribution in [2.75, 3.05) is 0 Å². The van der Waals surface area contributed by atoms with Gasteiger partial charge in [-0.25, -0.2) is 0 Å². The van der Waals surface area contributed by atoms with E-state index in [1.807, 2.05) is 6.07 Å². The van der Waals surface area contributed by atoms with Crippen LogP contribution in [0.3, 0.4) is 0 Å². The number of fused-ring (bicyclic) bond motifs is 5. The molecule has 0 radical (unpaired) electrons. The van der Waals surface area contributed by atoms with Crippen molar-refractivity contribution in [2.24, 2.45) is 23.2 Å². The van der Waals surface area contributed by atoms with Gasteiger partial charge in [-0.05, 0) is 90.9 Å². The second-order valence-electron chi connectivity index (χ2n) is 8.39. The van der Waals surface area contributed by atoms with E-state index in [0.29, 0.717) is 11.2 Å². The third-order valence-electron chi connectivity index (χ3n) is 7.43. The number of rotatable bonds is 1. The average Bonchev–Trinajstić information content (AvgIpc) is 2.82. The maximum atomic E-state index is 11.2. The molecule has 2 saturated carbocycles. The minimum atomic E-state index is -0.230. The molecule has 2 unspecified atom stereocenters. The fourth-order valence-electron chi connectivity index (χ4n) is 6.05. The van der Waals surface area contributed by atoms with E-state index in [2.05, 4.69) is 26.0 Å². The van der Waals surface area contributed by atoms with Gasteiger partial charge < -0.3 is 4.74 Å². The van der Waals surface area contributed by atoms with Crippen LogP contribution in [0.25, 0.3) is 0 Å². The van der Waals surface area contributed by atoms with Crippen LogP contribution < -0.4 is 4.74 Å². The summed E-state index contributed by atoms with van der Waals surface area (Å²) >= 11 is 0. The molecule has 0 heterocycles. The molecule has 124 valence electrons. The molecule has 1 aromatic carbocycles. The summed E-state index contributed by atoms with van der Waals surface area (Å²) in [5.74, 6) is 3.88. The first-order valence-corrected chi connectivity index (χ1v) is 9.30. The van der Waals surface area contributed by atoms with Crippen LogP contribution in [-0.2, 0) is 11.2 Å². The molecule has 0 bridgehead atoms. The maximum Gasteiger partial charge on any atom is 0.308 e. The Labute approximate surface area is 139 Å². The number of esters is 1. The van der Waals surface area contributed by atoms with E-state index in [1.54, 1.807) is 5.56 Å². The molecule has 0 aromatic heterocycles. The largest absolute Gasteiger partial charge is 0.427 e. The highest BCUT2D eigenvalue weighted by Crippen LogP contribution is 2.62. The van der Waals surface area contributed by atoms with E-state index in [4.69, 9.17) is 4.74 Å². The van der Waals surface area contributed by atoms with Gasteiger partial charge in [-0.15, -0.1) is 0 Å². The van der Waals surface area contributed by atoms with Gasteiger partial charge in [0.15, 0.2) is 0 Å². The molecule has 1 aromatic rings. The zero-order valence-electron chi connectivity index (χ0n) is 14.6. The first-order chi connectivity index (χ1) is 11.0. The van der Waals surface area contributed by atoms with Crippen LogP contribution in [0.4, 0.5) is 0 Å². The Morgan fingerprint density at radius 1 is 1.22 bits per heavy atom. The summed E-state index contributed by atoms with van der Waals surface area (Å²) in [6.07, 6.45) is 8.02. The molecule has 23 heavy (non-hydrogen) atoms. The highest BCUT2D eigenvalue weighted by molar-refractivity contribution is 5.69. The molecule has 0 N–H and O–H groups in total. The molecule has 5 atom stereocenters. The molecule has 2 heteroatoms. The van der Waals surface area contributed by atoms with Crippen molar-refractivity contribution in [1.29, 1.82) is 0 Å². The lowest BCUT2D eigenvalue weighted by atomic mass is 9.54. The van der Waals surface area contributed by atoms with Crippen LogP contribution in [0.2, 0.25) is 0 Å². The van der Waals surface area contributed by atoms with Crippen LogP contribution in [-0.4, -0.2) is 5.97 Å². The quantitative estimate of drug-likeness (QED) is 0.532. The second kappa shape index (κ2) is 5.36. The van der Waals surface area contributed by atoms with Crippen molar-refractivity contribution >= 4 is 5.97 Å². The molecule has 0 saturated heterocycles. The van der Waals surface area contributed by atoms with Gasteiger partial charge >= 0.3 is 5.97 Å². The molecular formula is C21H28O2. The van der Waals surface area contributed by atoms with Crippen molar-refractivity contribution in [1.82, 2.24) is 0 Å². The molecule has 2 fully saturated rings. The van der Waals surface area contributed by atoms with Crippen molar-refractivity contribution in [2.45, 2.75) is 65.2 Å². The lowest BCUT2D eigenvalue weighted by Gasteiger charge is -2.50. The monoisotopic (exact) mass is 312 g/mol. The second-order valence-corrected chi connectivity index (χ2v) is 8.39. The van der Waals surface area contributed by atoms with Gasteiger partial charge in [-0.2, -0.15) is 0 Å². The Kier molecular flexibility index (Phi) is 3.55. The molecule has 2 nitrogen and oxygen atoms in total. The van der Waals surface area contributed by atoms with E-state index in [0.717, 1.165) is 30.1 Å². The molecule has 0 amide bonds. The molecule has 3 aliphatic rings. The standard InChI is InChI=1S/C21H28O2/c1-13-4-9-20-19-7-5-15-12-16(23-14(2)22)6-8-17(15)18(19)10-11-21(13,20)3/h6,8,12-13,18-20H,4-5,7,9-11H2,1-3H3/t13-,18?,19+,20?,21+/m0/s1. The predicted octanol–water partition coefficient (Wildman–Crippen LogP) is 5.10. The number of hydrogen-bond acceptors (Lipinski definition) is 2. The van der Waals surface area contributed by atoms with E-state index < -0.39 is 0 Å². The maximum absolute atomic E-state index is 11.2. The average molecular weight is 312 g/mol. The van der Waals surface area contributed by atoms with E-state index >= 15 is 0 Å². The van der Waals surface area contributed by atoms with Crippen LogP contribution >= 0.6 is 0 Å². The van der Waals surface area contributed by atoms with Crippen LogP contribution in [0.5, 0.6) is 5.75 Å². The highest BCUT2D eigenvalue weighted by atomic mass is 16.5. The molecule has 0 aliphatic heterocycles. The van der Waals surface area contributed by atoms with Gasteiger partial charge in [-0.1, -0.05) is 19.9 Å². The molecule has 4 rings (SSSR count). The smallest absolute Gasteiger partial charge is 0.308 e. The van der Waals surface area contributed by atoms with Gasteiger partial charge in [0, 0.05) is 6.92 Å². The first kappa shape index (κ1) is 15.2. The van der Waals surface area contributed by atoms with Crippen molar-refractivity contribution < 1.29 is 9.53 Å². The van der Waals surface area contributed by atoms with Gasteiger partial charge in [0.2, 0.25) is 0 Å². The highest BCUT2D eigenvalue weighted by Gasteiger charge is 2.53. The lowest BCUT2D eigenvalue weighted by molar-refractivity contribution is -0.131. The van der Waals surface area contributed by atoms with Crippen molar-refractivity contribution in [3.63, 3.8) is 0 Å². The van der Waals surface area contributed by atoms with Crippen LogP contribution in [0, 0.1) is 23.2 Å². The zero-order chi connectivity index (χ0) is 16.2. The third kappa shape index (κ3) is 2.33. The number of carbonyl (C=O) groups is 1. The third-order valence-corrected chi connectivity index (χ3v) is 7.43. The number of carbonyl (C=O) groups excluding carboxylic acids is 1. The summed E-state index contributed by atoms with van der Waals surface area (Å²) < 4.78 is 5.28.